The van der Waals surface area contributed by atoms with Gasteiger partial charge in [0.2, 0.25) is 0 Å². The minimum atomic E-state index is -0.531. The Kier molecular flexibility index (Phi) is 10.8. The van der Waals surface area contributed by atoms with Gasteiger partial charge in [-0.15, -0.1) is 0 Å². The molecular weight excluding hydrogens is 396 g/mol. The van der Waals surface area contributed by atoms with Gasteiger partial charge in [-0.3, -0.25) is 0 Å². The van der Waals surface area contributed by atoms with E-state index >= 15 is 0 Å². The van der Waals surface area contributed by atoms with Crippen LogP contribution in [-0.4, -0.2) is 11.1 Å². The second-order valence-corrected chi connectivity index (χ2v) is 9.95. The van der Waals surface area contributed by atoms with Crippen LogP contribution in [0.2, 0.25) is 0 Å². The van der Waals surface area contributed by atoms with E-state index in [9.17, 15) is 9.90 Å². The lowest BCUT2D eigenvalue weighted by atomic mass is 9.86. The van der Waals surface area contributed by atoms with Gasteiger partial charge in [0.05, 0.1) is 0 Å². The second-order valence-electron chi connectivity index (χ2n) is 9.95. The largest absolute Gasteiger partial charge is 0.507 e. The summed E-state index contributed by atoms with van der Waals surface area (Å²) in [7, 11) is 0. The van der Waals surface area contributed by atoms with Crippen LogP contribution < -0.4 is 4.74 Å². The highest BCUT2D eigenvalue weighted by atomic mass is 16.5. The molecule has 0 aliphatic carbocycles. The Morgan fingerprint density at radius 2 is 1.38 bits per heavy atom. The molecule has 0 saturated heterocycles. The van der Waals surface area contributed by atoms with E-state index in [1.807, 2.05) is 30.3 Å². The number of phenols is 1. The van der Waals surface area contributed by atoms with Crippen molar-refractivity contribution in [2.75, 3.05) is 0 Å². The molecule has 3 heteroatoms. The van der Waals surface area contributed by atoms with Gasteiger partial charge in [0, 0.05) is 0 Å². The minimum absolute atomic E-state index is 0.0550. The van der Waals surface area contributed by atoms with Crippen molar-refractivity contribution in [3.8, 4) is 11.5 Å². The number of hydrogen-bond acceptors (Lipinski definition) is 3. The third kappa shape index (κ3) is 9.06. The molecule has 32 heavy (non-hydrogen) atoms. The number of hydrogen-bond donors (Lipinski definition) is 1. The van der Waals surface area contributed by atoms with Gasteiger partial charge in [-0.2, -0.15) is 0 Å². The summed E-state index contributed by atoms with van der Waals surface area (Å²) in [6, 6.07) is 12.9. The monoisotopic (exact) mass is 438 g/mol. The first-order chi connectivity index (χ1) is 15.3. The number of benzene rings is 2. The lowest BCUT2D eigenvalue weighted by Gasteiger charge is -2.20. The number of ether oxygens (including phenoxy) is 1. The van der Waals surface area contributed by atoms with E-state index in [1.54, 1.807) is 12.1 Å². The number of esters is 1. The van der Waals surface area contributed by atoms with Crippen LogP contribution in [0, 0.1) is 0 Å². The molecule has 0 amide bonds. The van der Waals surface area contributed by atoms with Crippen molar-refractivity contribution in [3.63, 3.8) is 0 Å². The molecule has 2 aromatic rings. The number of rotatable bonds is 13. The van der Waals surface area contributed by atoms with Crippen LogP contribution in [0.15, 0.2) is 42.5 Å². The molecule has 0 heterocycles. The Morgan fingerprint density at radius 3 is 1.94 bits per heavy atom. The van der Waals surface area contributed by atoms with Crippen LogP contribution in [0.5, 0.6) is 11.5 Å². The van der Waals surface area contributed by atoms with Crippen molar-refractivity contribution in [2.24, 2.45) is 0 Å². The van der Waals surface area contributed by atoms with Crippen molar-refractivity contribution in [2.45, 2.75) is 104 Å². The van der Waals surface area contributed by atoms with Crippen LogP contribution in [0.4, 0.5) is 0 Å². The van der Waals surface area contributed by atoms with Crippen LogP contribution in [-0.2, 0) is 11.8 Å². The Hall–Kier alpha value is -2.29. The average molecular weight is 439 g/mol. The molecule has 0 fully saturated rings. The number of aromatic hydroxyl groups is 1. The topological polar surface area (TPSA) is 46.5 Å². The normalized spacial score (nSPS) is 11.5. The molecule has 3 nitrogen and oxygen atoms in total. The summed E-state index contributed by atoms with van der Waals surface area (Å²) in [5, 5.41) is 10.1. The number of carbonyl (C=O) groups is 1. The Balaban J connectivity index is 1.73. The highest BCUT2D eigenvalue weighted by molar-refractivity contribution is 5.94. The molecular formula is C29H42O3. The van der Waals surface area contributed by atoms with Crippen molar-refractivity contribution in [3.05, 3.63) is 59.2 Å². The van der Waals surface area contributed by atoms with E-state index in [-0.39, 0.29) is 16.7 Å². The summed E-state index contributed by atoms with van der Waals surface area (Å²) in [6.45, 7) is 8.48. The molecule has 2 aromatic carbocycles. The molecule has 0 bridgehead atoms. The summed E-state index contributed by atoms with van der Waals surface area (Å²) in [5.41, 5.74) is 2.34. The Bertz CT molecular complexity index is 815. The minimum Gasteiger partial charge on any atom is -0.507 e. The quantitative estimate of drug-likeness (QED) is 0.194. The van der Waals surface area contributed by atoms with E-state index in [2.05, 4.69) is 27.7 Å². The molecule has 0 aromatic heterocycles. The summed E-state index contributed by atoms with van der Waals surface area (Å²) < 4.78 is 5.51. The highest BCUT2D eigenvalue weighted by Crippen LogP contribution is 2.28. The van der Waals surface area contributed by atoms with E-state index < -0.39 is 5.97 Å². The molecule has 2 rings (SSSR count). The molecule has 0 atom stereocenters. The zero-order valence-corrected chi connectivity index (χ0v) is 20.6. The number of phenolic OH excluding ortho intramolecular Hbond substituents is 1. The lowest BCUT2D eigenvalue weighted by Crippen LogP contribution is -2.14. The van der Waals surface area contributed by atoms with Crippen LogP contribution in [0.1, 0.15) is 113 Å². The standard InChI is InChI=1S/C29H42O3/c1-5-6-7-8-9-10-11-12-13-14-15-23-16-19-25(20-17-23)32-28(31)26-22-24(29(2,3)4)18-21-27(26)30/h16-22,30H,5-15H2,1-4H3. The third-order valence-electron chi connectivity index (χ3n) is 6.04. The maximum atomic E-state index is 12.6. The Morgan fingerprint density at radius 1 is 0.812 bits per heavy atom. The molecule has 0 radical (unpaired) electrons. The lowest BCUT2D eigenvalue weighted by molar-refractivity contribution is 0.0731. The van der Waals surface area contributed by atoms with Crippen LogP contribution >= 0.6 is 0 Å². The van der Waals surface area contributed by atoms with Gasteiger partial charge in [-0.25, -0.2) is 4.79 Å². The molecule has 0 saturated carbocycles. The molecule has 176 valence electrons. The van der Waals surface area contributed by atoms with Gasteiger partial charge < -0.3 is 9.84 Å². The predicted octanol–water partition coefficient (Wildman–Crippen LogP) is 8.37. The van der Waals surface area contributed by atoms with Gasteiger partial charge in [-0.05, 0) is 53.6 Å². The van der Waals surface area contributed by atoms with Crippen molar-refractivity contribution in [1.29, 1.82) is 0 Å². The van der Waals surface area contributed by atoms with Gasteiger partial charge in [0.25, 0.3) is 0 Å². The van der Waals surface area contributed by atoms with Gasteiger partial charge in [-0.1, -0.05) is 104 Å². The fraction of sp³-hybridized carbons (Fsp3) is 0.552. The summed E-state index contributed by atoms with van der Waals surface area (Å²) >= 11 is 0. The van der Waals surface area contributed by atoms with E-state index in [1.165, 1.54) is 69.8 Å². The fourth-order valence-corrected chi connectivity index (χ4v) is 3.87. The fourth-order valence-electron chi connectivity index (χ4n) is 3.87. The van der Waals surface area contributed by atoms with Gasteiger partial charge >= 0.3 is 5.97 Å². The first-order valence-electron chi connectivity index (χ1n) is 12.5. The highest BCUT2D eigenvalue weighted by Gasteiger charge is 2.20. The molecule has 0 aliphatic heterocycles. The van der Waals surface area contributed by atoms with Crippen LogP contribution in [0.3, 0.4) is 0 Å². The molecule has 1 N–H and O–H groups in total. The summed E-state index contributed by atoms with van der Waals surface area (Å²) in [4.78, 5) is 12.6. The van der Waals surface area contributed by atoms with E-state index in [4.69, 9.17) is 4.74 Å². The average Bonchev–Trinajstić information content (AvgIpc) is 2.75. The molecule has 0 spiro atoms. The smallest absolute Gasteiger partial charge is 0.347 e. The maximum Gasteiger partial charge on any atom is 0.347 e. The van der Waals surface area contributed by atoms with Crippen LogP contribution in [0.25, 0.3) is 0 Å². The Labute approximate surface area is 195 Å². The number of carbonyl (C=O) groups excluding carboxylic acids is 1. The second kappa shape index (κ2) is 13.3. The predicted molar refractivity (Wildman–Crippen MR) is 134 cm³/mol. The van der Waals surface area contributed by atoms with Gasteiger partial charge in [0.15, 0.2) is 0 Å². The maximum absolute atomic E-state index is 12.6. The van der Waals surface area contributed by atoms with Gasteiger partial charge in [0.1, 0.15) is 17.1 Å². The number of aryl methyl sites for hydroxylation is 1. The van der Waals surface area contributed by atoms with Crippen molar-refractivity contribution < 1.29 is 14.6 Å². The first kappa shape index (κ1) is 26.0. The molecule has 0 unspecified atom stereocenters. The van der Waals surface area contributed by atoms with E-state index in [0.29, 0.717) is 5.75 Å². The first-order valence-corrected chi connectivity index (χ1v) is 12.5. The molecule has 0 aliphatic rings. The van der Waals surface area contributed by atoms with Crippen molar-refractivity contribution in [1.82, 2.24) is 0 Å². The zero-order valence-electron chi connectivity index (χ0n) is 20.6. The SMILES string of the molecule is CCCCCCCCCCCCc1ccc(OC(=O)c2cc(C(C)(C)C)ccc2O)cc1. The summed E-state index contributed by atoms with van der Waals surface area (Å²) in [6.07, 6.45) is 14.4. The summed E-state index contributed by atoms with van der Waals surface area (Å²) in [5.74, 6) is -0.0843. The van der Waals surface area contributed by atoms with Crippen molar-refractivity contribution >= 4 is 5.97 Å². The zero-order chi connectivity index (χ0) is 23.4. The number of unbranched alkanes of at least 4 members (excludes halogenated alkanes) is 9. The van der Waals surface area contributed by atoms with E-state index in [0.717, 1.165) is 12.0 Å². The third-order valence-corrected chi connectivity index (χ3v) is 6.04.